The summed E-state index contributed by atoms with van der Waals surface area (Å²) in [6.45, 7) is 0.322. The molecule has 0 aromatic heterocycles. The zero-order valence-corrected chi connectivity index (χ0v) is 17.5. The summed E-state index contributed by atoms with van der Waals surface area (Å²) in [5.74, 6) is -0.257. The number of benzene rings is 2. The Hall–Kier alpha value is -2.06. The third kappa shape index (κ3) is 8.31. The summed E-state index contributed by atoms with van der Waals surface area (Å²) >= 11 is 0. The van der Waals surface area contributed by atoms with Crippen molar-refractivity contribution in [3.63, 3.8) is 0 Å². The van der Waals surface area contributed by atoms with Gasteiger partial charge in [-0.25, -0.2) is 13.6 Å². The maximum Gasteiger partial charge on any atom is 0.573 e. The first kappa shape index (κ1) is 24.0. The van der Waals surface area contributed by atoms with Gasteiger partial charge < -0.3 is 15.8 Å². The van der Waals surface area contributed by atoms with E-state index in [9.17, 15) is 21.6 Å². The average Bonchev–Trinajstić information content (AvgIpc) is 2.55. The van der Waals surface area contributed by atoms with Gasteiger partial charge in [-0.05, 0) is 48.4 Å². The van der Waals surface area contributed by atoms with Crippen molar-refractivity contribution in [2.45, 2.75) is 17.7 Å². The number of anilines is 1. The Morgan fingerprint density at radius 2 is 1.64 bits per heavy atom. The topological polar surface area (TPSA) is 120 Å². The predicted molar refractivity (Wildman–Crippen MR) is 110 cm³/mol. The van der Waals surface area contributed by atoms with Gasteiger partial charge in [0.25, 0.3) is 0 Å². The van der Waals surface area contributed by atoms with Crippen molar-refractivity contribution in [2.75, 3.05) is 11.9 Å². The Kier molecular flexibility index (Phi) is 8.50. The van der Waals surface area contributed by atoms with E-state index in [0.717, 1.165) is 17.7 Å². The molecule has 0 aliphatic rings. The molecule has 2 rings (SSSR count). The fourth-order valence-electron chi connectivity index (χ4n) is 2.08. The Balaban J connectivity index is 0.00000392. The molecule has 2 aromatic rings. The van der Waals surface area contributed by atoms with Crippen LogP contribution in [0, 0.1) is 0 Å². The van der Waals surface area contributed by atoms with Crippen LogP contribution in [0.3, 0.4) is 0 Å². The van der Waals surface area contributed by atoms with Gasteiger partial charge in [-0.3, -0.25) is 4.99 Å². The molecule has 0 radical (unpaired) electrons. The van der Waals surface area contributed by atoms with Crippen LogP contribution >= 0.6 is 24.0 Å². The standard InChI is InChI=1S/C16H17F3N4O3S.HI/c17-16(18,19)26-13-5-3-12(4-6-13)23-15(20)22-10-9-11-1-7-14(8-2-11)27(21,24)25;/h1-8H,9-10H2,(H3,20,22,23)(H2,21,24,25);1H. The lowest BCUT2D eigenvalue weighted by Gasteiger charge is -2.10. The number of aliphatic imine (C=N–C) groups is 1. The molecule has 2 aromatic carbocycles. The molecule has 0 aliphatic carbocycles. The van der Waals surface area contributed by atoms with Crippen molar-refractivity contribution >= 4 is 45.6 Å². The third-order valence-electron chi connectivity index (χ3n) is 3.29. The average molecular weight is 530 g/mol. The normalized spacial score (nSPS) is 12.2. The van der Waals surface area contributed by atoms with Gasteiger partial charge in [0.15, 0.2) is 5.96 Å². The van der Waals surface area contributed by atoms with Gasteiger partial charge in [-0.1, -0.05) is 12.1 Å². The molecule has 0 saturated heterocycles. The number of nitrogens with one attached hydrogen (secondary N) is 1. The summed E-state index contributed by atoms with van der Waals surface area (Å²) in [5, 5.41) is 7.76. The van der Waals surface area contributed by atoms with E-state index in [-0.39, 0.29) is 40.6 Å². The summed E-state index contributed by atoms with van der Waals surface area (Å²) in [7, 11) is -3.73. The minimum Gasteiger partial charge on any atom is -0.406 e. The van der Waals surface area contributed by atoms with Gasteiger partial charge in [-0.15, -0.1) is 37.1 Å². The number of sulfonamides is 1. The Morgan fingerprint density at radius 1 is 1.07 bits per heavy atom. The van der Waals surface area contributed by atoms with Crippen molar-refractivity contribution < 1.29 is 26.3 Å². The molecule has 7 nitrogen and oxygen atoms in total. The van der Waals surface area contributed by atoms with Gasteiger partial charge in [0.05, 0.1) is 4.90 Å². The van der Waals surface area contributed by atoms with Crippen LogP contribution in [0.15, 0.2) is 58.4 Å². The highest BCUT2D eigenvalue weighted by atomic mass is 127. The highest BCUT2D eigenvalue weighted by Crippen LogP contribution is 2.23. The van der Waals surface area contributed by atoms with Crippen LogP contribution in [0.1, 0.15) is 5.56 Å². The van der Waals surface area contributed by atoms with Crippen molar-refractivity contribution in [1.29, 1.82) is 0 Å². The van der Waals surface area contributed by atoms with E-state index in [2.05, 4.69) is 15.0 Å². The van der Waals surface area contributed by atoms with E-state index in [0.29, 0.717) is 18.7 Å². The fraction of sp³-hybridized carbons (Fsp3) is 0.188. The number of alkyl halides is 3. The molecule has 28 heavy (non-hydrogen) atoms. The molecule has 0 fully saturated rings. The summed E-state index contributed by atoms with van der Waals surface area (Å²) in [5.41, 5.74) is 7.01. The number of guanidine groups is 1. The summed E-state index contributed by atoms with van der Waals surface area (Å²) in [6, 6.07) is 11.1. The van der Waals surface area contributed by atoms with E-state index >= 15 is 0 Å². The second kappa shape index (κ2) is 9.93. The molecule has 0 saturated carbocycles. The molecule has 0 atom stereocenters. The van der Waals surface area contributed by atoms with Crippen LogP contribution < -0.4 is 20.9 Å². The third-order valence-corrected chi connectivity index (χ3v) is 4.22. The number of hydrogen-bond acceptors (Lipinski definition) is 4. The number of ether oxygens (including phenoxy) is 1. The highest BCUT2D eigenvalue weighted by molar-refractivity contribution is 14.0. The zero-order chi connectivity index (χ0) is 20.1. The molecule has 0 unspecified atom stereocenters. The Bertz CT molecular complexity index is 902. The summed E-state index contributed by atoms with van der Waals surface area (Å²) < 4.78 is 62.4. The largest absolute Gasteiger partial charge is 0.573 e. The fourth-order valence-corrected chi connectivity index (χ4v) is 2.59. The van der Waals surface area contributed by atoms with E-state index in [1.165, 1.54) is 24.3 Å². The Labute approximate surface area is 177 Å². The van der Waals surface area contributed by atoms with Gasteiger partial charge >= 0.3 is 6.36 Å². The van der Waals surface area contributed by atoms with Crippen molar-refractivity contribution in [3.8, 4) is 5.75 Å². The van der Waals surface area contributed by atoms with Gasteiger partial charge in [0.2, 0.25) is 10.0 Å². The lowest BCUT2D eigenvalue weighted by molar-refractivity contribution is -0.274. The van der Waals surface area contributed by atoms with Crippen LogP contribution in [0.2, 0.25) is 0 Å². The molecule has 0 aliphatic heterocycles. The van der Waals surface area contributed by atoms with Gasteiger partial charge in [0.1, 0.15) is 5.75 Å². The molecule has 0 amide bonds. The van der Waals surface area contributed by atoms with E-state index in [1.54, 1.807) is 12.1 Å². The lowest BCUT2D eigenvalue weighted by Crippen LogP contribution is -2.23. The van der Waals surface area contributed by atoms with Gasteiger partial charge in [-0.2, -0.15) is 0 Å². The molecular weight excluding hydrogens is 512 g/mol. The SMILES string of the molecule is I.NC(=NCCc1ccc(S(N)(=O)=O)cc1)Nc1ccc(OC(F)(F)F)cc1. The van der Waals surface area contributed by atoms with Crippen molar-refractivity contribution in [2.24, 2.45) is 15.9 Å². The number of halogens is 4. The number of primary sulfonamides is 1. The second-order valence-corrected chi connectivity index (χ2v) is 6.96. The van der Waals surface area contributed by atoms with E-state index in [4.69, 9.17) is 10.9 Å². The predicted octanol–water partition coefficient (Wildman–Crippen LogP) is 2.82. The maximum absolute atomic E-state index is 12.1. The van der Waals surface area contributed by atoms with Crippen LogP contribution in [0.4, 0.5) is 18.9 Å². The van der Waals surface area contributed by atoms with Crippen molar-refractivity contribution in [3.05, 3.63) is 54.1 Å². The first-order chi connectivity index (χ1) is 12.5. The minimum atomic E-state index is -4.75. The summed E-state index contributed by atoms with van der Waals surface area (Å²) in [6.07, 6.45) is -4.24. The highest BCUT2D eigenvalue weighted by Gasteiger charge is 2.30. The number of rotatable bonds is 6. The molecule has 0 heterocycles. The second-order valence-electron chi connectivity index (χ2n) is 5.40. The smallest absolute Gasteiger partial charge is 0.406 e. The Morgan fingerprint density at radius 3 is 2.14 bits per heavy atom. The lowest BCUT2D eigenvalue weighted by atomic mass is 10.1. The first-order valence-corrected chi connectivity index (χ1v) is 9.12. The quantitative estimate of drug-likeness (QED) is 0.302. The summed E-state index contributed by atoms with van der Waals surface area (Å²) in [4.78, 5) is 4.12. The molecular formula is C16H18F3IN4O3S. The van der Waals surface area contributed by atoms with E-state index < -0.39 is 16.4 Å². The number of hydrogen-bond donors (Lipinski definition) is 3. The first-order valence-electron chi connectivity index (χ1n) is 7.57. The molecule has 12 heteroatoms. The number of nitrogens with two attached hydrogens (primary N) is 2. The van der Waals surface area contributed by atoms with Crippen LogP contribution in [-0.2, 0) is 16.4 Å². The zero-order valence-electron chi connectivity index (χ0n) is 14.3. The maximum atomic E-state index is 12.1. The molecule has 154 valence electrons. The van der Waals surface area contributed by atoms with Crippen molar-refractivity contribution in [1.82, 2.24) is 0 Å². The molecule has 0 spiro atoms. The monoisotopic (exact) mass is 530 g/mol. The molecule has 0 bridgehead atoms. The van der Waals surface area contributed by atoms with Gasteiger partial charge in [0, 0.05) is 12.2 Å². The molecule has 5 N–H and O–H groups in total. The number of nitrogens with zero attached hydrogens (tertiary/aromatic N) is 1. The van der Waals surface area contributed by atoms with Crippen LogP contribution in [0.25, 0.3) is 0 Å². The minimum absolute atomic E-state index is 0. The van der Waals surface area contributed by atoms with Crippen LogP contribution in [0.5, 0.6) is 5.75 Å². The van der Waals surface area contributed by atoms with E-state index in [1.807, 2.05) is 0 Å². The van der Waals surface area contributed by atoms with Crippen LogP contribution in [-0.4, -0.2) is 27.3 Å².